The molecule has 1 N–H and O–H groups in total. The molecule has 4 rings (SSSR count). The van der Waals surface area contributed by atoms with E-state index in [4.69, 9.17) is 38.0 Å². The highest BCUT2D eigenvalue weighted by Gasteiger charge is 2.21. The standard InChI is InChI=1S/C26H26ClN3O5S2/c1-4-33-22-15-19(16-23(34-5-2)24(22)35-6-3)30-25(28-29-26(30)36)17-7-11-20(12-8-17)37(31,32)21-13-9-18(27)10-14-21/h7-16H,4-6H2,1-3H3,(H,29,36). The summed E-state index contributed by atoms with van der Waals surface area (Å²) in [5.74, 6) is 2.05. The zero-order chi connectivity index (χ0) is 26.6. The number of ether oxygens (including phenoxy) is 3. The van der Waals surface area contributed by atoms with E-state index in [-0.39, 0.29) is 9.79 Å². The van der Waals surface area contributed by atoms with Gasteiger partial charge in [-0.15, -0.1) is 0 Å². The molecule has 194 valence electrons. The van der Waals surface area contributed by atoms with E-state index in [2.05, 4.69) is 10.2 Å². The number of aromatic nitrogens is 3. The average molecular weight is 560 g/mol. The van der Waals surface area contributed by atoms with Gasteiger partial charge in [-0.2, -0.15) is 5.10 Å². The summed E-state index contributed by atoms with van der Waals surface area (Å²) in [6.07, 6.45) is 0. The van der Waals surface area contributed by atoms with Crippen molar-refractivity contribution in [3.63, 3.8) is 0 Å². The molecule has 0 amide bonds. The lowest BCUT2D eigenvalue weighted by Crippen LogP contribution is -2.06. The topological polar surface area (TPSA) is 95.4 Å². The molecule has 0 aliphatic heterocycles. The van der Waals surface area contributed by atoms with Gasteiger partial charge in [-0.1, -0.05) is 11.6 Å². The Labute approximate surface area is 225 Å². The van der Waals surface area contributed by atoms with Crippen LogP contribution < -0.4 is 14.2 Å². The molecule has 1 heterocycles. The first-order valence-electron chi connectivity index (χ1n) is 11.6. The van der Waals surface area contributed by atoms with Crippen LogP contribution in [0.15, 0.2) is 70.5 Å². The maximum atomic E-state index is 13.0. The fourth-order valence-electron chi connectivity index (χ4n) is 3.77. The maximum absolute atomic E-state index is 13.0. The third kappa shape index (κ3) is 5.51. The number of halogens is 1. The van der Waals surface area contributed by atoms with Crippen LogP contribution in [-0.2, 0) is 9.84 Å². The molecule has 0 aliphatic carbocycles. The summed E-state index contributed by atoms with van der Waals surface area (Å²) in [6.45, 7) is 6.97. The third-order valence-electron chi connectivity index (χ3n) is 5.37. The highest BCUT2D eigenvalue weighted by Crippen LogP contribution is 2.41. The largest absolute Gasteiger partial charge is 0.490 e. The lowest BCUT2D eigenvalue weighted by Gasteiger charge is -2.18. The van der Waals surface area contributed by atoms with Crippen LogP contribution in [-0.4, -0.2) is 43.0 Å². The predicted octanol–water partition coefficient (Wildman–Crippen LogP) is 6.28. The molecule has 0 spiro atoms. The fourth-order valence-corrected chi connectivity index (χ4v) is 5.39. The van der Waals surface area contributed by atoms with Crippen molar-refractivity contribution in [2.24, 2.45) is 0 Å². The van der Waals surface area contributed by atoms with E-state index in [0.717, 1.165) is 0 Å². The van der Waals surface area contributed by atoms with Crippen LogP contribution >= 0.6 is 23.8 Å². The Morgan fingerprint density at radius 2 is 1.38 bits per heavy atom. The second-order valence-corrected chi connectivity index (χ2v) is 10.5. The Morgan fingerprint density at radius 3 is 1.89 bits per heavy atom. The van der Waals surface area contributed by atoms with E-state index in [9.17, 15) is 8.42 Å². The SMILES string of the molecule is CCOc1cc(-n2c(-c3ccc(S(=O)(=O)c4ccc(Cl)cc4)cc3)n[nH]c2=S)cc(OCC)c1OCC. The molecule has 0 atom stereocenters. The molecular formula is C26H26ClN3O5S2. The van der Waals surface area contributed by atoms with Gasteiger partial charge in [0.15, 0.2) is 22.1 Å². The second kappa shape index (κ2) is 11.4. The monoisotopic (exact) mass is 559 g/mol. The molecule has 0 unspecified atom stereocenters. The minimum absolute atomic E-state index is 0.151. The molecule has 3 aromatic carbocycles. The number of hydrogen-bond donors (Lipinski definition) is 1. The number of nitrogens with zero attached hydrogens (tertiary/aromatic N) is 2. The minimum atomic E-state index is -3.71. The normalized spacial score (nSPS) is 11.4. The van der Waals surface area contributed by atoms with Gasteiger partial charge in [0.2, 0.25) is 15.6 Å². The molecule has 1 aromatic heterocycles. The zero-order valence-electron chi connectivity index (χ0n) is 20.5. The number of H-pyrrole nitrogens is 1. The number of rotatable bonds is 10. The molecule has 4 aromatic rings. The Kier molecular flexibility index (Phi) is 8.21. The van der Waals surface area contributed by atoms with Gasteiger partial charge in [0.25, 0.3) is 0 Å². The Balaban J connectivity index is 1.78. The molecule has 0 aliphatic rings. The number of hydrogen-bond acceptors (Lipinski definition) is 7. The molecule has 37 heavy (non-hydrogen) atoms. The first-order chi connectivity index (χ1) is 17.8. The van der Waals surface area contributed by atoms with Crippen LogP contribution in [0.5, 0.6) is 17.2 Å². The van der Waals surface area contributed by atoms with Gasteiger partial charge in [-0.25, -0.2) is 8.42 Å². The van der Waals surface area contributed by atoms with Crippen molar-refractivity contribution in [2.45, 2.75) is 30.6 Å². The first-order valence-corrected chi connectivity index (χ1v) is 13.9. The molecule has 8 nitrogen and oxygen atoms in total. The molecule has 0 radical (unpaired) electrons. The summed E-state index contributed by atoms with van der Waals surface area (Å²) in [5, 5.41) is 7.69. The van der Waals surface area contributed by atoms with E-state index in [1.54, 1.807) is 28.8 Å². The van der Waals surface area contributed by atoms with Gasteiger partial charge in [-0.05, 0) is 81.5 Å². The Bertz CT molecular complexity index is 1520. The van der Waals surface area contributed by atoms with E-state index in [1.165, 1.54) is 24.3 Å². The molecule has 0 saturated heterocycles. The summed E-state index contributed by atoms with van der Waals surface area (Å²) in [7, 11) is -3.71. The first kappa shape index (κ1) is 26.7. The Hall–Kier alpha value is -3.34. The third-order valence-corrected chi connectivity index (χ3v) is 7.68. The predicted molar refractivity (Wildman–Crippen MR) is 145 cm³/mol. The van der Waals surface area contributed by atoms with Gasteiger partial charge < -0.3 is 14.2 Å². The highest BCUT2D eigenvalue weighted by molar-refractivity contribution is 7.91. The second-order valence-electron chi connectivity index (χ2n) is 7.74. The quantitative estimate of drug-likeness (QED) is 0.228. The van der Waals surface area contributed by atoms with Gasteiger partial charge >= 0.3 is 0 Å². The van der Waals surface area contributed by atoms with E-state index in [1.807, 2.05) is 32.9 Å². The van der Waals surface area contributed by atoms with Gasteiger partial charge in [0, 0.05) is 22.7 Å². The smallest absolute Gasteiger partial charge is 0.206 e. The van der Waals surface area contributed by atoms with Crippen LogP contribution in [0, 0.1) is 4.77 Å². The van der Waals surface area contributed by atoms with Gasteiger partial charge in [-0.3, -0.25) is 9.67 Å². The lowest BCUT2D eigenvalue weighted by atomic mass is 10.2. The van der Waals surface area contributed by atoms with E-state index < -0.39 is 9.84 Å². The van der Waals surface area contributed by atoms with Crippen molar-refractivity contribution >= 4 is 33.7 Å². The van der Waals surface area contributed by atoms with Crippen molar-refractivity contribution in [1.82, 2.24) is 14.8 Å². The molecule has 11 heteroatoms. The summed E-state index contributed by atoms with van der Waals surface area (Å²) >= 11 is 11.4. The van der Waals surface area contributed by atoms with Crippen LogP contribution in [0.25, 0.3) is 17.1 Å². The summed E-state index contributed by atoms with van der Waals surface area (Å²) < 4.78 is 45.7. The maximum Gasteiger partial charge on any atom is 0.206 e. The van der Waals surface area contributed by atoms with Crippen molar-refractivity contribution in [2.75, 3.05) is 19.8 Å². The van der Waals surface area contributed by atoms with E-state index in [0.29, 0.717) is 63.9 Å². The molecule has 0 bridgehead atoms. The van der Waals surface area contributed by atoms with Crippen molar-refractivity contribution in [3.05, 3.63) is 70.5 Å². The number of aromatic amines is 1. The zero-order valence-corrected chi connectivity index (χ0v) is 22.9. The number of sulfone groups is 1. The van der Waals surface area contributed by atoms with Crippen LogP contribution in [0.4, 0.5) is 0 Å². The Morgan fingerprint density at radius 1 is 0.865 bits per heavy atom. The summed E-state index contributed by atoms with van der Waals surface area (Å²) in [4.78, 5) is 0.311. The summed E-state index contributed by atoms with van der Waals surface area (Å²) in [6, 6.07) is 16.1. The number of nitrogens with one attached hydrogen (secondary N) is 1. The van der Waals surface area contributed by atoms with Crippen LogP contribution in [0.2, 0.25) is 5.02 Å². The number of benzene rings is 3. The molecular weight excluding hydrogens is 534 g/mol. The van der Waals surface area contributed by atoms with Gasteiger partial charge in [0.1, 0.15) is 0 Å². The molecule has 0 saturated carbocycles. The minimum Gasteiger partial charge on any atom is -0.490 e. The molecule has 0 fully saturated rings. The van der Waals surface area contributed by atoms with Crippen molar-refractivity contribution < 1.29 is 22.6 Å². The van der Waals surface area contributed by atoms with Crippen LogP contribution in [0.1, 0.15) is 20.8 Å². The van der Waals surface area contributed by atoms with Crippen molar-refractivity contribution in [1.29, 1.82) is 0 Å². The summed E-state index contributed by atoms with van der Waals surface area (Å²) in [5.41, 5.74) is 1.31. The lowest BCUT2D eigenvalue weighted by molar-refractivity contribution is 0.260. The average Bonchev–Trinajstić information content (AvgIpc) is 3.27. The van der Waals surface area contributed by atoms with Crippen LogP contribution in [0.3, 0.4) is 0 Å². The fraction of sp³-hybridized carbons (Fsp3) is 0.231. The van der Waals surface area contributed by atoms with Crippen molar-refractivity contribution in [3.8, 4) is 34.3 Å². The van der Waals surface area contributed by atoms with Gasteiger partial charge in [0.05, 0.1) is 35.3 Å². The highest BCUT2D eigenvalue weighted by atomic mass is 35.5. The van der Waals surface area contributed by atoms with E-state index >= 15 is 0 Å².